The van der Waals surface area contributed by atoms with Crippen LogP contribution in [-0.4, -0.2) is 26.1 Å². The number of aryl methyl sites for hydroxylation is 1. The molecule has 4 nitrogen and oxygen atoms in total. The Hall–Kier alpha value is -3.19. The molecule has 0 bridgehead atoms. The first kappa shape index (κ1) is 18.6. The Labute approximate surface area is 159 Å². The van der Waals surface area contributed by atoms with E-state index in [9.17, 15) is 4.79 Å². The summed E-state index contributed by atoms with van der Waals surface area (Å²) in [4.78, 5) is 12.9. The molecule has 0 aliphatic heterocycles. The number of carbonyl (C=O) groups is 1. The summed E-state index contributed by atoms with van der Waals surface area (Å²) in [6.07, 6.45) is 8.68. The van der Waals surface area contributed by atoms with Gasteiger partial charge in [0, 0.05) is 11.1 Å². The van der Waals surface area contributed by atoms with Gasteiger partial charge in [-0.15, -0.1) is 6.42 Å². The maximum atomic E-state index is 12.9. The molecule has 4 heteroatoms. The second-order valence-electron chi connectivity index (χ2n) is 6.15. The van der Waals surface area contributed by atoms with Gasteiger partial charge in [-0.25, -0.2) is 0 Å². The van der Waals surface area contributed by atoms with Crippen LogP contribution in [0.15, 0.2) is 42.0 Å². The molecular formula is C23H22O4. The number of Topliss-reactive ketones (excluding diaryl/α,β-unsaturated/α-hetero) is 1. The monoisotopic (exact) mass is 362 g/mol. The molecule has 1 aliphatic carbocycles. The average Bonchev–Trinajstić information content (AvgIpc) is 2.69. The largest absolute Gasteiger partial charge is 0.497 e. The molecule has 0 heterocycles. The first-order valence-corrected chi connectivity index (χ1v) is 8.91. The lowest BCUT2D eigenvalue weighted by molar-refractivity contribution is 0.102. The predicted octanol–water partition coefficient (Wildman–Crippen LogP) is 4.32. The van der Waals surface area contributed by atoms with E-state index in [1.54, 1.807) is 7.11 Å². The Balaban J connectivity index is 1.89. The van der Waals surface area contributed by atoms with Crippen LogP contribution in [0.1, 0.15) is 34.8 Å². The van der Waals surface area contributed by atoms with Gasteiger partial charge in [-0.3, -0.25) is 4.79 Å². The first-order chi connectivity index (χ1) is 13.2. The van der Waals surface area contributed by atoms with Crippen molar-refractivity contribution in [3.63, 3.8) is 0 Å². The lowest BCUT2D eigenvalue weighted by Gasteiger charge is -2.18. The van der Waals surface area contributed by atoms with Gasteiger partial charge < -0.3 is 14.2 Å². The molecule has 0 saturated heterocycles. The number of rotatable bonds is 6. The van der Waals surface area contributed by atoms with Crippen LogP contribution in [0.5, 0.6) is 17.2 Å². The number of ether oxygens (including phenoxy) is 3. The molecule has 0 amide bonds. The molecule has 138 valence electrons. The van der Waals surface area contributed by atoms with Crippen molar-refractivity contribution in [2.45, 2.75) is 19.8 Å². The minimum absolute atomic E-state index is 0.0597. The molecule has 0 unspecified atom stereocenters. The summed E-state index contributed by atoms with van der Waals surface area (Å²) >= 11 is 0. The maximum absolute atomic E-state index is 12.9. The summed E-state index contributed by atoms with van der Waals surface area (Å²) in [5.74, 6) is 4.50. The maximum Gasteiger partial charge on any atom is 0.189 e. The highest BCUT2D eigenvalue weighted by Gasteiger charge is 2.22. The number of benzene rings is 2. The van der Waals surface area contributed by atoms with E-state index in [4.69, 9.17) is 20.6 Å². The van der Waals surface area contributed by atoms with Crippen molar-refractivity contribution in [1.29, 1.82) is 0 Å². The quantitative estimate of drug-likeness (QED) is 0.567. The van der Waals surface area contributed by atoms with E-state index >= 15 is 0 Å². The number of carbonyl (C=O) groups excluding carboxylic acids is 1. The SMILES string of the molecule is C#CCOc1ccc(/C=C2\CCc3cc(OC)ccc3C2=O)cc1OCC. The van der Waals surface area contributed by atoms with Crippen LogP contribution in [0.4, 0.5) is 0 Å². The van der Waals surface area contributed by atoms with Crippen LogP contribution in [0, 0.1) is 12.3 Å². The second kappa shape index (κ2) is 8.46. The molecular weight excluding hydrogens is 340 g/mol. The molecule has 0 aromatic heterocycles. The number of ketones is 1. The fourth-order valence-electron chi connectivity index (χ4n) is 3.14. The van der Waals surface area contributed by atoms with Crippen molar-refractivity contribution < 1.29 is 19.0 Å². The Bertz CT molecular complexity index is 918. The van der Waals surface area contributed by atoms with Gasteiger partial charge in [-0.1, -0.05) is 12.0 Å². The van der Waals surface area contributed by atoms with Crippen molar-refractivity contribution in [2.24, 2.45) is 0 Å². The molecule has 0 fully saturated rings. The first-order valence-electron chi connectivity index (χ1n) is 8.91. The average molecular weight is 362 g/mol. The fraction of sp³-hybridized carbons (Fsp3) is 0.261. The van der Waals surface area contributed by atoms with Crippen molar-refractivity contribution in [1.82, 2.24) is 0 Å². The summed E-state index contributed by atoms with van der Waals surface area (Å²) in [5.41, 5.74) is 3.45. The Kier molecular flexibility index (Phi) is 5.83. The van der Waals surface area contributed by atoms with Gasteiger partial charge in [0.05, 0.1) is 13.7 Å². The minimum atomic E-state index is 0.0597. The summed E-state index contributed by atoms with van der Waals surface area (Å²) in [7, 11) is 1.63. The van der Waals surface area contributed by atoms with Crippen LogP contribution in [-0.2, 0) is 6.42 Å². The highest BCUT2D eigenvalue weighted by atomic mass is 16.5. The Morgan fingerprint density at radius 3 is 2.70 bits per heavy atom. The zero-order chi connectivity index (χ0) is 19.2. The number of methoxy groups -OCH3 is 1. The zero-order valence-electron chi connectivity index (χ0n) is 15.6. The molecule has 2 aromatic rings. The van der Waals surface area contributed by atoms with Gasteiger partial charge in [-0.2, -0.15) is 0 Å². The van der Waals surface area contributed by atoms with Crippen LogP contribution in [0.2, 0.25) is 0 Å². The highest BCUT2D eigenvalue weighted by molar-refractivity contribution is 6.13. The van der Waals surface area contributed by atoms with Gasteiger partial charge in [0.1, 0.15) is 12.4 Å². The molecule has 0 saturated carbocycles. The third-order valence-electron chi connectivity index (χ3n) is 4.43. The molecule has 27 heavy (non-hydrogen) atoms. The summed E-state index contributed by atoms with van der Waals surface area (Å²) in [5, 5.41) is 0. The molecule has 0 spiro atoms. The highest BCUT2D eigenvalue weighted by Crippen LogP contribution is 2.32. The summed E-state index contributed by atoms with van der Waals surface area (Å²) in [6.45, 7) is 2.60. The van der Waals surface area contributed by atoms with E-state index in [1.807, 2.05) is 49.4 Å². The molecule has 2 aromatic carbocycles. The van der Waals surface area contributed by atoms with Crippen molar-refractivity contribution in [3.05, 3.63) is 58.7 Å². The van der Waals surface area contributed by atoms with Crippen molar-refractivity contribution >= 4 is 11.9 Å². The second-order valence-corrected chi connectivity index (χ2v) is 6.15. The summed E-state index contributed by atoms with van der Waals surface area (Å²) < 4.78 is 16.4. The number of terminal acetylenes is 1. The minimum Gasteiger partial charge on any atom is -0.497 e. The third kappa shape index (κ3) is 4.15. The lowest BCUT2D eigenvalue weighted by Crippen LogP contribution is -2.14. The number of allylic oxidation sites excluding steroid dienone is 1. The van der Waals surface area contributed by atoms with Gasteiger partial charge in [0.25, 0.3) is 0 Å². The Morgan fingerprint density at radius 2 is 1.96 bits per heavy atom. The fourth-order valence-corrected chi connectivity index (χ4v) is 3.14. The smallest absolute Gasteiger partial charge is 0.189 e. The van der Waals surface area contributed by atoms with Crippen molar-refractivity contribution in [2.75, 3.05) is 20.3 Å². The lowest BCUT2D eigenvalue weighted by atomic mass is 9.86. The summed E-state index contributed by atoms with van der Waals surface area (Å²) in [6, 6.07) is 11.2. The van der Waals surface area contributed by atoms with Gasteiger partial charge in [0.15, 0.2) is 17.3 Å². The van der Waals surface area contributed by atoms with E-state index in [0.717, 1.165) is 34.4 Å². The van der Waals surface area contributed by atoms with E-state index < -0.39 is 0 Å². The van der Waals surface area contributed by atoms with Gasteiger partial charge in [-0.05, 0) is 67.3 Å². The van der Waals surface area contributed by atoms with E-state index in [-0.39, 0.29) is 12.4 Å². The topological polar surface area (TPSA) is 44.8 Å². The third-order valence-corrected chi connectivity index (χ3v) is 4.43. The van der Waals surface area contributed by atoms with E-state index in [2.05, 4.69) is 5.92 Å². The number of hydrogen-bond donors (Lipinski definition) is 0. The molecule has 0 radical (unpaired) electrons. The molecule has 1 aliphatic rings. The van der Waals surface area contributed by atoms with Crippen molar-refractivity contribution in [3.8, 4) is 29.6 Å². The zero-order valence-corrected chi connectivity index (χ0v) is 15.6. The van der Waals surface area contributed by atoms with E-state index in [1.165, 1.54) is 0 Å². The van der Waals surface area contributed by atoms with Crippen LogP contribution in [0.3, 0.4) is 0 Å². The molecule has 0 N–H and O–H groups in total. The predicted molar refractivity (Wildman–Crippen MR) is 106 cm³/mol. The number of fused-ring (bicyclic) bond motifs is 1. The van der Waals surface area contributed by atoms with Crippen LogP contribution in [0.25, 0.3) is 6.08 Å². The number of hydrogen-bond acceptors (Lipinski definition) is 4. The van der Waals surface area contributed by atoms with Gasteiger partial charge in [0.2, 0.25) is 0 Å². The van der Waals surface area contributed by atoms with Crippen LogP contribution >= 0.6 is 0 Å². The molecule has 3 rings (SSSR count). The van der Waals surface area contributed by atoms with Gasteiger partial charge >= 0.3 is 0 Å². The van der Waals surface area contributed by atoms with E-state index in [0.29, 0.717) is 24.5 Å². The standard InChI is InChI=1S/C23H22O4/c1-4-12-27-21-11-6-16(14-22(21)26-5-2)13-18-8-7-17-15-19(25-3)9-10-20(17)23(18)24/h1,6,9-11,13-15H,5,7-8,12H2,2-3H3/b18-13+. The van der Waals surface area contributed by atoms with Crippen LogP contribution < -0.4 is 14.2 Å². The normalized spacial score (nSPS) is 14.4. The molecule has 0 atom stereocenters. The Morgan fingerprint density at radius 1 is 1.11 bits per heavy atom.